The number of hydrogen-bond donors (Lipinski definition) is 1. The monoisotopic (exact) mass is 229 g/mol. The lowest BCUT2D eigenvalue weighted by atomic mass is 9.83. The molecule has 0 fully saturated rings. The molecule has 0 saturated carbocycles. The van der Waals surface area contributed by atoms with Gasteiger partial charge in [-0.05, 0) is 26.8 Å². The molecule has 0 saturated heterocycles. The normalized spacial score (nSPS) is 13.6. The maximum Gasteiger partial charge on any atom is 0.134 e. The summed E-state index contributed by atoms with van der Waals surface area (Å²) in [5, 5.41) is 20.3. The lowest BCUT2D eigenvalue weighted by Crippen LogP contribution is -2.20. The predicted octanol–water partition coefficient (Wildman–Crippen LogP) is 3.32. The van der Waals surface area contributed by atoms with Gasteiger partial charge in [-0.25, -0.2) is 0 Å². The van der Waals surface area contributed by atoms with Crippen LogP contribution in [0.1, 0.15) is 31.3 Å². The lowest BCUT2D eigenvalue weighted by Gasteiger charge is -2.22. The van der Waals surface area contributed by atoms with Gasteiger partial charge in [-0.2, -0.15) is 5.26 Å². The van der Waals surface area contributed by atoms with Crippen LogP contribution in [-0.2, 0) is 0 Å². The number of aliphatic hydroxyl groups is 1. The minimum atomic E-state index is -0.851. The number of aryl methyl sites for hydroxylation is 1. The Morgan fingerprint density at radius 3 is 2.65 bits per heavy atom. The van der Waals surface area contributed by atoms with E-state index in [9.17, 15) is 5.11 Å². The number of nitrogens with zero attached hydrogens (tertiary/aromatic N) is 1. The van der Waals surface area contributed by atoms with Crippen LogP contribution in [0.4, 0.5) is 0 Å². The van der Waals surface area contributed by atoms with E-state index in [0.717, 1.165) is 11.0 Å². The van der Waals surface area contributed by atoms with Crippen LogP contribution in [0.25, 0.3) is 11.0 Å². The molecule has 0 aliphatic heterocycles. The topological polar surface area (TPSA) is 57.2 Å². The Labute approximate surface area is 100 Å². The second-order valence-electron chi connectivity index (χ2n) is 4.80. The lowest BCUT2D eigenvalue weighted by molar-refractivity contribution is 0.0864. The van der Waals surface area contributed by atoms with E-state index in [1.165, 1.54) is 0 Å². The molecule has 0 radical (unpaired) electrons. The quantitative estimate of drug-likeness (QED) is 0.859. The van der Waals surface area contributed by atoms with E-state index in [-0.39, 0.29) is 0 Å². The molecule has 17 heavy (non-hydrogen) atoms. The Balaban J connectivity index is 2.64. The summed E-state index contributed by atoms with van der Waals surface area (Å²) in [6, 6.07) is 9.67. The molecular formula is C14H15NO2. The first-order valence-corrected chi connectivity index (χ1v) is 5.54. The highest BCUT2D eigenvalue weighted by atomic mass is 16.3. The molecule has 1 atom stereocenters. The number of hydrogen-bond acceptors (Lipinski definition) is 3. The molecule has 1 N–H and O–H groups in total. The third kappa shape index (κ3) is 1.81. The number of fused-ring (bicyclic) bond motifs is 1. The van der Waals surface area contributed by atoms with E-state index in [2.05, 4.69) is 6.07 Å². The van der Waals surface area contributed by atoms with E-state index >= 15 is 0 Å². The fourth-order valence-corrected chi connectivity index (χ4v) is 1.95. The van der Waals surface area contributed by atoms with Crippen molar-refractivity contribution in [1.29, 1.82) is 5.26 Å². The SMILES string of the molecule is Cc1oc2ccccc2c1C(O)C(C)(C)C#N. The van der Waals surface area contributed by atoms with Gasteiger partial charge in [-0.1, -0.05) is 18.2 Å². The first-order chi connectivity index (χ1) is 7.97. The minimum absolute atomic E-state index is 0.669. The third-order valence-electron chi connectivity index (χ3n) is 3.06. The van der Waals surface area contributed by atoms with Gasteiger partial charge >= 0.3 is 0 Å². The van der Waals surface area contributed by atoms with Gasteiger partial charge < -0.3 is 9.52 Å². The van der Waals surface area contributed by atoms with Crippen molar-refractivity contribution in [1.82, 2.24) is 0 Å². The van der Waals surface area contributed by atoms with Crippen molar-refractivity contribution in [3.63, 3.8) is 0 Å². The van der Waals surface area contributed by atoms with Crippen LogP contribution in [-0.4, -0.2) is 5.11 Å². The summed E-state index contributed by atoms with van der Waals surface area (Å²) in [6.45, 7) is 5.25. The summed E-state index contributed by atoms with van der Waals surface area (Å²) in [5.41, 5.74) is 0.622. The maximum absolute atomic E-state index is 10.3. The minimum Gasteiger partial charge on any atom is -0.461 e. The summed E-state index contributed by atoms with van der Waals surface area (Å²) in [7, 11) is 0. The second kappa shape index (κ2) is 3.90. The Bertz CT molecular complexity index is 590. The van der Waals surface area contributed by atoms with E-state index < -0.39 is 11.5 Å². The molecule has 3 heteroatoms. The smallest absolute Gasteiger partial charge is 0.134 e. The Morgan fingerprint density at radius 1 is 1.35 bits per heavy atom. The zero-order chi connectivity index (χ0) is 12.6. The molecule has 2 rings (SSSR count). The van der Waals surface area contributed by atoms with Crippen molar-refractivity contribution in [2.24, 2.45) is 5.41 Å². The van der Waals surface area contributed by atoms with Crippen molar-refractivity contribution in [3.05, 3.63) is 35.6 Å². The molecular weight excluding hydrogens is 214 g/mol. The molecule has 1 unspecified atom stereocenters. The van der Waals surface area contributed by atoms with Gasteiger partial charge in [0.1, 0.15) is 17.4 Å². The van der Waals surface area contributed by atoms with Crippen molar-refractivity contribution >= 4 is 11.0 Å². The Kier molecular flexibility index (Phi) is 2.68. The van der Waals surface area contributed by atoms with Crippen LogP contribution in [0.15, 0.2) is 28.7 Å². The number of rotatable bonds is 2. The molecule has 1 aromatic carbocycles. The van der Waals surface area contributed by atoms with Gasteiger partial charge in [0.2, 0.25) is 0 Å². The van der Waals surface area contributed by atoms with Crippen molar-refractivity contribution in [3.8, 4) is 6.07 Å². The molecule has 2 aromatic rings. The summed E-state index contributed by atoms with van der Waals surface area (Å²) >= 11 is 0. The maximum atomic E-state index is 10.3. The molecule has 0 aliphatic carbocycles. The summed E-state index contributed by atoms with van der Waals surface area (Å²) < 4.78 is 5.59. The van der Waals surface area contributed by atoms with Crippen molar-refractivity contribution in [2.75, 3.05) is 0 Å². The summed E-state index contributed by atoms with van der Waals surface area (Å²) in [6.07, 6.45) is -0.851. The molecule has 88 valence electrons. The first kappa shape index (κ1) is 11.7. The molecule has 0 bridgehead atoms. The second-order valence-corrected chi connectivity index (χ2v) is 4.80. The Morgan fingerprint density at radius 2 is 2.00 bits per heavy atom. The van der Waals surface area contributed by atoms with Crippen LogP contribution in [0.2, 0.25) is 0 Å². The average Bonchev–Trinajstić information content (AvgIpc) is 2.64. The number of nitriles is 1. The Hall–Kier alpha value is -1.79. The third-order valence-corrected chi connectivity index (χ3v) is 3.06. The fraction of sp³-hybridized carbons (Fsp3) is 0.357. The van der Waals surface area contributed by atoms with Gasteiger partial charge in [-0.15, -0.1) is 0 Å². The number of para-hydroxylation sites is 1. The fourth-order valence-electron chi connectivity index (χ4n) is 1.95. The van der Waals surface area contributed by atoms with E-state index in [4.69, 9.17) is 9.68 Å². The van der Waals surface area contributed by atoms with Gasteiger partial charge in [-0.3, -0.25) is 0 Å². The van der Waals surface area contributed by atoms with Crippen LogP contribution < -0.4 is 0 Å². The van der Waals surface area contributed by atoms with Gasteiger partial charge in [0.15, 0.2) is 0 Å². The molecule has 0 aliphatic rings. The van der Waals surface area contributed by atoms with E-state index in [1.807, 2.05) is 31.2 Å². The highest BCUT2D eigenvalue weighted by Gasteiger charge is 2.32. The number of furan rings is 1. The zero-order valence-electron chi connectivity index (χ0n) is 10.2. The van der Waals surface area contributed by atoms with Crippen LogP contribution in [0.3, 0.4) is 0 Å². The van der Waals surface area contributed by atoms with Crippen molar-refractivity contribution in [2.45, 2.75) is 26.9 Å². The largest absolute Gasteiger partial charge is 0.461 e. The molecule has 0 amide bonds. The van der Waals surface area contributed by atoms with E-state index in [1.54, 1.807) is 13.8 Å². The molecule has 1 heterocycles. The van der Waals surface area contributed by atoms with Gasteiger partial charge in [0.05, 0.1) is 11.5 Å². The van der Waals surface area contributed by atoms with Crippen LogP contribution in [0.5, 0.6) is 0 Å². The van der Waals surface area contributed by atoms with Gasteiger partial charge in [0.25, 0.3) is 0 Å². The van der Waals surface area contributed by atoms with Crippen LogP contribution in [0, 0.1) is 23.7 Å². The summed E-state index contributed by atoms with van der Waals surface area (Å²) in [4.78, 5) is 0. The molecule has 1 aromatic heterocycles. The summed E-state index contributed by atoms with van der Waals surface area (Å²) in [5.74, 6) is 0.669. The highest BCUT2D eigenvalue weighted by molar-refractivity contribution is 5.82. The zero-order valence-corrected chi connectivity index (χ0v) is 10.2. The molecule has 3 nitrogen and oxygen atoms in total. The number of aliphatic hydroxyl groups excluding tert-OH is 1. The average molecular weight is 229 g/mol. The first-order valence-electron chi connectivity index (χ1n) is 5.54. The van der Waals surface area contributed by atoms with Gasteiger partial charge in [0, 0.05) is 10.9 Å². The molecule has 0 spiro atoms. The van der Waals surface area contributed by atoms with Crippen molar-refractivity contribution < 1.29 is 9.52 Å². The number of benzene rings is 1. The highest BCUT2D eigenvalue weighted by Crippen LogP contribution is 2.39. The van der Waals surface area contributed by atoms with Crippen LogP contribution >= 0.6 is 0 Å². The standard InChI is InChI=1S/C14H15NO2/c1-9-12(13(16)14(2,3)8-15)10-6-4-5-7-11(10)17-9/h4-7,13,16H,1-3H3. The van der Waals surface area contributed by atoms with E-state index in [0.29, 0.717) is 11.3 Å². The predicted molar refractivity (Wildman–Crippen MR) is 65.3 cm³/mol.